The van der Waals surface area contributed by atoms with Crippen LogP contribution in [0.4, 0.5) is 0 Å². The second-order valence-corrected chi connectivity index (χ2v) is 16.7. The van der Waals surface area contributed by atoms with Gasteiger partial charge in [-0.05, 0) is 86.0 Å². The van der Waals surface area contributed by atoms with Crippen LogP contribution in [0.3, 0.4) is 0 Å². The Morgan fingerprint density at radius 2 is 0.683 bits per heavy atom. The fourth-order valence-electron chi connectivity index (χ4n) is 11.2. The molecule has 1 spiro atoms. The van der Waals surface area contributed by atoms with E-state index in [4.69, 9.17) is 15.0 Å². The first kappa shape index (κ1) is 34.3. The van der Waals surface area contributed by atoms with Gasteiger partial charge in [-0.25, -0.2) is 0 Å². The first-order valence-electron chi connectivity index (χ1n) is 21.5. The van der Waals surface area contributed by atoms with Crippen LogP contribution in [0.5, 0.6) is 0 Å². The molecular weight excluding hydrogens is 767 g/mol. The van der Waals surface area contributed by atoms with Gasteiger partial charge in [0.2, 0.25) is 11.9 Å². The highest BCUT2D eigenvalue weighted by atomic mass is 15.3. The molecule has 0 N–H and O–H groups in total. The predicted octanol–water partition coefficient (Wildman–Crippen LogP) is 13.7. The second kappa shape index (κ2) is 12.8. The molecule has 5 nitrogen and oxygen atoms in total. The van der Waals surface area contributed by atoms with Gasteiger partial charge in [0.15, 0.2) is 5.82 Å². The van der Waals surface area contributed by atoms with Crippen molar-refractivity contribution in [3.63, 3.8) is 0 Å². The van der Waals surface area contributed by atoms with Crippen molar-refractivity contribution in [2.45, 2.75) is 5.41 Å². The van der Waals surface area contributed by atoms with Crippen LogP contribution in [0.25, 0.3) is 100 Å². The molecule has 2 aliphatic carbocycles. The molecule has 3 heterocycles. The summed E-state index contributed by atoms with van der Waals surface area (Å²) >= 11 is 0. The van der Waals surface area contributed by atoms with E-state index in [9.17, 15) is 0 Å². The molecule has 0 unspecified atom stereocenters. The smallest absolute Gasteiger partial charge is 0.240 e. The minimum absolute atomic E-state index is 0.421. The van der Waals surface area contributed by atoms with Gasteiger partial charge in [-0.2, -0.15) is 15.0 Å². The number of aromatic nitrogens is 5. The topological polar surface area (TPSA) is 48.5 Å². The van der Waals surface area contributed by atoms with Gasteiger partial charge >= 0.3 is 0 Å². The van der Waals surface area contributed by atoms with E-state index in [0.717, 1.165) is 54.7 Å². The van der Waals surface area contributed by atoms with Gasteiger partial charge in [0.1, 0.15) is 0 Å². The van der Waals surface area contributed by atoms with Gasteiger partial charge < -0.3 is 0 Å². The third-order valence-electron chi connectivity index (χ3n) is 13.6. The molecule has 9 aromatic carbocycles. The van der Waals surface area contributed by atoms with Crippen LogP contribution in [-0.2, 0) is 5.41 Å². The van der Waals surface area contributed by atoms with Crippen LogP contribution >= 0.6 is 0 Å². The molecule has 63 heavy (non-hydrogen) atoms. The number of nitrogens with zero attached hydrogens (tertiary/aromatic N) is 5. The van der Waals surface area contributed by atoms with Gasteiger partial charge in [-0.3, -0.25) is 9.13 Å². The molecule has 0 amide bonds. The zero-order valence-corrected chi connectivity index (χ0v) is 33.9. The second-order valence-electron chi connectivity index (χ2n) is 16.7. The highest BCUT2D eigenvalue weighted by molar-refractivity contribution is 6.10. The van der Waals surface area contributed by atoms with Crippen molar-refractivity contribution < 1.29 is 0 Å². The summed E-state index contributed by atoms with van der Waals surface area (Å²) in [6.45, 7) is 0. The number of hydrogen-bond acceptors (Lipinski definition) is 3. The van der Waals surface area contributed by atoms with E-state index in [1.54, 1.807) is 0 Å². The zero-order valence-electron chi connectivity index (χ0n) is 33.9. The van der Waals surface area contributed by atoms with Crippen molar-refractivity contribution in [2.24, 2.45) is 0 Å². The van der Waals surface area contributed by atoms with Crippen LogP contribution in [-0.4, -0.2) is 24.1 Å². The Labute approximate surface area is 362 Å². The van der Waals surface area contributed by atoms with E-state index in [-0.39, 0.29) is 0 Å². The molecule has 3 aromatic heterocycles. The van der Waals surface area contributed by atoms with Crippen LogP contribution < -0.4 is 0 Å². The van der Waals surface area contributed by atoms with Crippen molar-refractivity contribution in [3.05, 3.63) is 235 Å². The van der Waals surface area contributed by atoms with Crippen molar-refractivity contribution in [3.8, 4) is 56.7 Å². The Hall–Kier alpha value is -8.41. The Balaban J connectivity index is 1.02. The number of hydrogen-bond donors (Lipinski definition) is 0. The Bertz CT molecular complexity index is 3600. The summed E-state index contributed by atoms with van der Waals surface area (Å²) in [4.78, 5) is 16.2. The molecule has 0 aliphatic heterocycles. The normalized spacial score (nSPS) is 13.2. The fraction of sp³-hybridized carbons (Fsp3) is 0.0172. The lowest BCUT2D eigenvalue weighted by Crippen LogP contribution is -2.25. The first-order valence-corrected chi connectivity index (χ1v) is 21.5. The van der Waals surface area contributed by atoms with Gasteiger partial charge in [-0.15, -0.1) is 0 Å². The zero-order chi connectivity index (χ0) is 41.2. The number of benzene rings is 9. The summed E-state index contributed by atoms with van der Waals surface area (Å²) in [6, 6.07) is 76.6. The Morgan fingerprint density at radius 3 is 1.21 bits per heavy atom. The Kier molecular flexibility index (Phi) is 6.97. The summed E-state index contributed by atoms with van der Waals surface area (Å²) in [5.41, 5.74) is 17.4. The van der Waals surface area contributed by atoms with Gasteiger partial charge in [0.25, 0.3) is 0 Å². The Morgan fingerprint density at radius 1 is 0.302 bits per heavy atom. The van der Waals surface area contributed by atoms with E-state index < -0.39 is 5.41 Å². The lowest BCUT2D eigenvalue weighted by molar-refractivity contribution is 0.794. The first-order chi connectivity index (χ1) is 31.3. The van der Waals surface area contributed by atoms with Crippen LogP contribution in [0.15, 0.2) is 212 Å². The van der Waals surface area contributed by atoms with Crippen LogP contribution in [0.2, 0.25) is 0 Å². The molecule has 0 saturated carbocycles. The lowest BCUT2D eigenvalue weighted by atomic mass is 9.70. The monoisotopic (exact) mass is 801 g/mol. The largest absolute Gasteiger partial charge is 0.278 e. The van der Waals surface area contributed by atoms with E-state index in [1.807, 2.05) is 0 Å². The molecule has 0 atom stereocenters. The van der Waals surface area contributed by atoms with Gasteiger partial charge in [0, 0.05) is 27.1 Å². The van der Waals surface area contributed by atoms with Crippen molar-refractivity contribution >= 4 is 43.6 Å². The maximum absolute atomic E-state index is 5.39. The van der Waals surface area contributed by atoms with Gasteiger partial charge in [-0.1, -0.05) is 182 Å². The summed E-state index contributed by atoms with van der Waals surface area (Å²) < 4.78 is 4.38. The maximum atomic E-state index is 5.39. The summed E-state index contributed by atoms with van der Waals surface area (Å²) in [7, 11) is 0. The molecule has 5 heteroatoms. The summed E-state index contributed by atoms with van der Waals surface area (Å²) in [5, 5.41) is 4.61. The van der Waals surface area contributed by atoms with Crippen molar-refractivity contribution in [2.75, 3.05) is 0 Å². The summed E-state index contributed by atoms with van der Waals surface area (Å²) in [6.07, 6.45) is 0. The van der Waals surface area contributed by atoms with E-state index >= 15 is 0 Å². The quantitative estimate of drug-likeness (QED) is 0.178. The molecule has 0 fully saturated rings. The highest BCUT2D eigenvalue weighted by Crippen LogP contribution is 2.64. The third-order valence-corrected chi connectivity index (χ3v) is 13.6. The molecule has 0 saturated heterocycles. The van der Waals surface area contributed by atoms with Crippen molar-refractivity contribution in [1.82, 2.24) is 24.1 Å². The third kappa shape index (κ3) is 4.57. The number of para-hydroxylation sites is 4. The molecular formula is C58H35N5. The lowest BCUT2D eigenvalue weighted by Gasteiger charge is -2.30. The summed E-state index contributed by atoms with van der Waals surface area (Å²) in [5.74, 6) is 1.73. The maximum Gasteiger partial charge on any atom is 0.240 e. The average molecular weight is 802 g/mol. The average Bonchev–Trinajstić information content (AvgIpc) is 4.06. The van der Waals surface area contributed by atoms with Crippen LogP contribution in [0, 0.1) is 0 Å². The van der Waals surface area contributed by atoms with E-state index in [0.29, 0.717) is 17.7 Å². The molecule has 2 aliphatic rings. The van der Waals surface area contributed by atoms with Crippen molar-refractivity contribution in [1.29, 1.82) is 0 Å². The molecule has 0 radical (unpaired) electrons. The highest BCUT2D eigenvalue weighted by Gasteiger charge is 2.52. The molecule has 0 bridgehead atoms. The fourth-order valence-corrected chi connectivity index (χ4v) is 11.2. The van der Waals surface area contributed by atoms with E-state index in [1.165, 1.54) is 50.1 Å². The molecule has 292 valence electrons. The van der Waals surface area contributed by atoms with E-state index in [2.05, 4.69) is 221 Å². The van der Waals surface area contributed by atoms with Gasteiger partial charge in [0.05, 0.1) is 27.5 Å². The molecule has 12 aromatic rings. The number of fused-ring (bicyclic) bond motifs is 16. The standard InChI is InChI=1S/C58H35N5/c1-8-27-46-39(19-1)40-20-2-9-28-47(40)58(46)48-29-10-3-25-45(48)54-38(26-16-30-49(54)58)36-17-15-18-37(35-36)55-59-56(62-50-31-11-4-21-41(50)42-22-5-12-32-51(42)62)61-57(60-55)63-52-33-13-6-23-43(52)44-24-7-14-34-53(44)63/h1-35H. The van der Waals surface area contributed by atoms with Crippen LogP contribution in [0.1, 0.15) is 22.3 Å². The predicted molar refractivity (Wildman–Crippen MR) is 256 cm³/mol. The molecule has 14 rings (SSSR count). The minimum atomic E-state index is -0.421. The number of rotatable bonds is 4. The minimum Gasteiger partial charge on any atom is -0.278 e. The SMILES string of the molecule is c1cc(-c2nc(-n3c4ccccc4c4ccccc43)nc(-n3c4ccccc4c4ccccc43)n2)cc(-c2cccc3c2-c2ccccc2C32c3ccccc3-c3ccccc32)c1.